The minimum absolute atomic E-state index is 0.0435. The molecule has 1 fully saturated rings. The number of aliphatic hydroxyl groups excluding tert-OH is 3. The number of carbonyl (C=O) groups is 1. The monoisotopic (exact) mass is 601 g/mol. The van der Waals surface area contributed by atoms with E-state index in [0.29, 0.717) is 0 Å². The first-order chi connectivity index (χ1) is 18.8. The third-order valence-corrected chi connectivity index (χ3v) is 9.24. The highest BCUT2D eigenvalue weighted by Crippen LogP contribution is 2.46. The largest absolute Gasteiger partial charge is 0.405 e. The van der Waals surface area contributed by atoms with E-state index in [4.69, 9.17) is 13.8 Å². The van der Waals surface area contributed by atoms with Crippen molar-refractivity contribution < 1.29 is 38.5 Å². The van der Waals surface area contributed by atoms with Crippen LogP contribution >= 0.6 is 19.5 Å². The number of rotatable bonds is 14. The number of hydrogen-bond donors (Lipinski definition) is 5. The highest BCUT2D eigenvalue weighted by molar-refractivity contribution is 8.13. The molecule has 0 saturated carbocycles. The predicted molar refractivity (Wildman–Crippen MR) is 148 cm³/mol. The average Bonchev–Trinajstić information content (AvgIpc) is 3.14. The molecule has 1 aromatic carbocycles. The van der Waals surface area contributed by atoms with E-state index in [1.807, 2.05) is 30.3 Å². The molecule has 0 aliphatic carbocycles. The maximum atomic E-state index is 13.5. The van der Waals surface area contributed by atoms with E-state index in [0.717, 1.165) is 34.2 Å². The number of H-pyrrole nitrogens is 1. The lowest BCUT2D eigenvalue weighted by molar-refractivity contribution is -0.119. The third-order valence-electron chi connectivity index (χ3n) is 6.46. The van der Waals surface area contributed by atoms with Gasteiger partial charge in [0, 0.05) is 31.0 Å². The molecule has 13 nitrogen and oxygen atoms in total. The van der Waals surface area contributed by atoms with Crippen LogP contribution < -0.4 is 16.3 Å². The van der Waals surface area contributed by atoms with Crippen LogP contribution in [0.5, 0.6) is 0 Å². The normalized spacial score (nSPS) is 24.6. The summed E-state index contributed by atoms with van der Waals surface area (Å²) in [6.45, 7) is 4.28. The van der Waals surface area contributed by atoms with Gasteiger partial charge in [0.25, 0.3) is 5.56 Å². The molecule has 222 valence electrons. The van der Waals surface area contributed by atoms with Crippen LogP contribution in [0.25, 0.3) is 0 Å². The summed E-state index contributed by atoms with van der Waals surface area (Å²) in [6.07, 6.45) is -3.09. The highest BCUT2D eigenvalue weighted by Gasteiger charge is 2.52. The van der Waals surface area contributed by atoms with Crippen molar-refractivity contribution in [1.82, 2.24) is 14.6 Å². The van der Waals surface area contributed by atoms with Crippen LogP contribution in [-0.2, 0) is 29.7 Å². The second-order valence-electron chi connectivity index (χ2n) is 10.2. The maximum Gasteiger partial charge on any atom is 0.405 e. The lowest BCUT2D eigenvalue weighted by Gasteiger charge is -2.28. The van der Waals surface area contributed by atoms with Gasteiger partial charge in [0.15, 0.2) is 11.3 Å². The SMILES string of the molecule is CC(C)(CO)C(=O)SCCOP(=O)(NCc1ccccc1)OCC[C@@]1(C)O[C@@H](n2ccc(=O)[nH]c2=O)[C@H](O)[C@@H]1O. The van der Waals surface area contributed by atoms with Crippen molar-refractivity contribution in [2.45, 2.75) is 57.8 Å². The van der Waals surface area contributed by atoms with E-state index in [1.165, 1.54) is 6.92 Å². The standard InChI is InChI=1S/C25H36N3O10PS/c1-24(2,16-29)22(33)40-14-13-37-39(35,26-15-17-7-5-4-6-8-17)36-12-10-25(3)20(32)19(31)21(38-25)28-11-9-18(30)27-23(28)34/h4-9,11,19-21,29,31-32H,10,12-16H2,1-3H3,(H,26,35)(H,27,30,34)/t19-,20+,21-,25-,39?/m1/s1. The Morgan fingerprint density at radius 3 is 2.52 bits per heavy atom. The van der Waals surface area contributed by atoms with Gasteiger partial charge in [0.1, 0.15) is 12.2 Å². The van der Waals surface area contributed by atoms with E-state index >= 15 is 0 Å². The summed E-state index contributed by atoms with van der Waals surface area (Å²) >= 11 is 0.948. The summed E-state index contributed by atoms with van der Waals surface area (Å²) in [6, 6.07) is 10.2. The van der Waals surface area contributed by atoms with Crippen LogP contribution in [0.15, 0.2) is 52.2 Å². The Hall–Kier alpha value is -2.13. The van der Waals surface area contributed by atoms with Gasteiger partial charge in [-0.25, -0.2) is 14.4 Å². The minimum atomic E-state index is -3.92. The number of aromatic amines is 1. The van der Waals surface area contributed by atoms with Crippen LogP contribution in [0.3, 0.4) is 0 Å². The van der Waals surface area contributed by atoms with Crippen molar-refractivity contribution in [3.8, 4) is 0 Å². The molecule has 40 heavy (non-hydrogen) atoms. The van der Waals surface area contributed by atoms with Crippen LogP contribution in [0, 0.1) is 5.41 Å². The summed E-state index contributed by atoms with van der Waals surface area (Å²) in [4.78, 5) is 37.9. The van der Waals surface area contributed by atoms with E-state index in [1.54, 1.807) is 13.8 Å². The Morgan fingerprint density at radius 1 is 1.20 bits per heavy atom. The molecule has 1 aliphatic rings. The highest BCUT2D eigenvalue weighted by atomic mass is 32.2. The Balaban J connectivity index is 1.64. The fourth-order valence-electron chi connectivity index (χ4n) is 3.82. The molecule has 0 spiro atoms. The van der Waals surface area contributed by atoms with Gasteiger partial charge in [-0.05, 0) is 26.3 Å². The van der Waals surface area contributed by atoms with E-state index in [-0.39, 0.29) is 43.7 Å². The molecule has 0 radical (unpaired) electrons. The lowest BCUT2D eigenvalue weighted by atomic mass is 9.94. The van der Waals surface area contributed by atoms with Crippen molar-refractivity contribution in [1.29, 1.82) is 0 Å². The Kier molecular flexibility index (Phi) is 11.1. The first-order valence-corrected chi connectivity index (χ1v) is 15.1. The molecular formula is C25H36N3O10PS. The van der Waals surface area contributed by atoms with Gasteiger partial charge in [-0.1, -0.05) is 42.1 Å². The summed E-state index contributed by atoms with van der Waals surface area (Å²) in [5, 5.41) is 33.2. The van der Waals surface area contributed by atoms with E-state index in [2.05, 4.69) is 10.1 Å². The van der Waals surface area contributed by atoms with Crippen molar-refractivity contribution in [2.24, 2.45) is 5.41 Å². The van der Waals surface area contributed by atoms with E-state index in [9.17, 15) is 34.3 Å². The number of ether oxygens (including phenoxy) is 1. The zero-order valence-electron chi connectivity index (χ0n) is 22.5. The van der Waals surface area contributed by atoms with Crippen LogP contribution in [0.1, 0.15) is 39.0 Å². The topological polar surface area (TPSA) is 189 Å². The summed E-state index contributed by atoms with van der Waals surface area (Å²) < 4.78 is 31.6. The molecule has 2 heterocycles. The molecule has 1 saturated heterocycles. The van der Waals surface area contributed by atoms with Gasteiger partial charge in [-0.15, -0.1) is 0 Å². The number of nitrogens with one attached hydrogen (secondary N) is 2. The number of thioether (sulfide) groups is 1. The van der Waals surface area contributed by atoms with Gasteiger partial charge in [0.2, 0.25) is 0 Å². The second-order valence-corrected chi connectivity index (χ2v) is 13.1. The summed E-state index contributed by atoms with van der Waals surface area (Å²) in [5.74, 6) is 0.171. The zero-order chi connectivity index (χ0) is 29.6. The Morgan fingerprint density at radius 2 is 1.88 bits per heavy atom. The van der Waals surface area contributed by atoms with Crippen molar-refractivity contribution >= 4 is 24.6 Å². The first kappa shape index (κ1) is 32.4. The number of carbonyl (C=O) groups excluding carboxylic acids is 1. The molecule has 1 aliphatic heterocycles. The van der Waals surface area contributed by atoms with Gasteiger partial charge in [-0.3, -0.25) is 28.2 Å². The van der Waals surface area contributed by atoms with Crippen LogP contribution in [0.2, 0.25) is 0 Å². The fourth-order valence-corrected chi connectivity index (χ4v) is 6.05. The number of nitrogens with zero attached hydrogens (tertiary/aromatic N) is 1. The first-order valence-electron chi connectivity index (χ1n) is 12.6. The number of aromatic nitrogens is 2. The third kappa shape index (κ3) is 8.21. The molecule has 15 heteroatoms. The lowest BCUT2D eigenvalue weighted by Crippen LogP contribution is -2.41. The molecule has 1 aromatic heterocycles. The van der Waals surface area contributed by atoms with Crippen molar-refractivity contribution in [2.75, 3.05) is 25.6 Å². The quantitative estimate of drug-likeness (QED) is 0.154. The molecule has 0 bridgehead atoms. The molecule has 3 rings (SSSR count). The maximum absolute atomic E-state index is 13.5. The molecular weight excluding hydrogens is 565 g/mol. The summed E-state index contributed by atoms with van der Waals surface area (Å²) in [5.41, 5.74) is -2.93. The number of hydrogen-bond acceptors (Lipinski definition) is 11. The molecule has 5 atom stereocenters. The van der Waals surface area contributed by atoms with E-state index < -0.39 is 48.4 Å². The van der Waals surface area contributed by atoms with Crippen LogP contribution in [-0.4, -0.2) is 73.4 Å². The van der Waals surface area contributed by atoms with Crippen molar-refractivity contribution in [3.63, 3.8) is 0 Å². The predicted octanol–water partition coefficient (Wildman–Crippen LogP) is 1.15. The fraction of sp³-hybridized carbons (Fsp3) is 0.560. The van der Waals surface area contributed by atoms with Gasteiger partial charge in [-0.2, -0.15) is 0 Å². The summed E-state index contributed by atoms with van der Waals surface area (Å²) in [7, 11) is -3.92. The van der Waals surface area contributed by atoms with Crippen molar-refractivity contribution in [3.05, 3.63) is 69.0 Å². The van der Waals surface area contributed by atoms with Gasteiger partial charge >= 0.3 is 13.4 Å². The zero-order valence-corrected chi connectivity index (χ0v) is 24.2. The Labute approximate surface area is 235 Å². The Bertz CT molecular complexity index is 1300. The van der Waals surface area contributed by atoms with Gasteiger partial charge in [0.05, 0.1) is 30.8 Å². The van der Waals surface area contributed by atoms with Gasteiger partial charge < -0.3 is 20.1 Å². The minimum Gasteiger partial charge on any atom is -0.395 e. The van der Waals surface area contributed by atoms with Crippen LogP contribution in [0.4, 0.5) is 0 Å². The molecule has 0 amide bonds. The number of benzene rings is 1. The average molecular weight is 602 g/mol. The second kappa shape index (κ2) is 13.7. The smallest absolute Gasteiger partial charge is 0.395 e. The molecule has 2 aromatic rings. The molecule has 5 N–H and O–H groups in total. The molecule has 1 unspecified atom stereocenters. The number of aliphatic hydroxyl groups is 3.